The summed E-state index contributed by atoms with van der Waals surface area (Å²) in [5, 5.41) is 4.24. The number of rotatable bonds is 6. The third-order valence-electron chi connectivity index (χ3n) is 3.44. The second-order valence-electron chi connectivity index (χ2n) is 4.87. The second-order valence-corrected chi connectivity index (χ2v) is 5.28. The van der Waals surface area contributed by atoms with Crippen LogP contribution >= 0.6 is 11.6 Å². The quantitative estimate of drug-likeness (QED) is 0.869. The highest BCUT2D eigenvalue weighted by Crippen LogP contribution is 2.24. The lowest BCUT2D eigenvalue weighted by Crippen LogP contribution is -2.40. The molecule has 0 aliphatic carbocycles. The number of ether oxygens (including phenoxy) is 2. The zero-order valence-corrected chi connectivity index (χ0v) is 12.2. The van der Waals surface area contributed by atoms with Crippen LogP contribution in [0.1, 0.15) is 26.2 Å². The van der Waals surface area contributed by atoms with Gasteiger partial charge in [0.2, 0.25) is 0 Å². The van der Waals surface area contributed by atoms with Gasteiger partial charge in [0.25, 0.3) is 0 Å². The third kappa shape index (κ3) is 4.68. The average Bonchev–Trinajstić information content (AvgIpc) is 2.46. The summed E-state index contributed by atoms with van der Waals surface area (Å²) in [6.07, 6.45) is 3.29. The molecule has 2 rings (SSSR count). The summed E-state index contributed by atoms with van der Waals surface area (Å²) in [4.78, 5) is 0. The van der Waals surface area contributed by atoms with Crippen molar-refractivity contribution in [1.82, 2.24) is 5.32 Å². The zero-order chi connectivity index (χ0) is 13.5. The molecule has 1 aliphatic heterocycles. The molecule has 1 aromatic carbocycles. The molecular weight excluding hydrogens is 262 g/mol. The minimum Gasteiger partial charge on any atom is -0.488 e. The van der Waals surface area contributed by atoms with Gasteiger partial charge in [-0.3, -0.25) is 0 Å². The van der Waals surface area contributed by atoms with Gasteiger partial charge in [0.1, 0.15) is 11.9 Å². The Hall–Kier alpha value is -0.770. The highest BCUT2D eigenvalue weighted by Gasteiger charge is 2.16. The van der Waals surface area contributed by atoms with Crippen LogP contribution in [0.4, 0.5) is 0 Å². The Bertz CT molecular complexity index is 380. The SMILES string of the molecule is CCC(CNC1CCOCC1)Oc1ccccc1Cl. The largest absolute Gasteiger partial charge is 0.488 e. The molecule has 0 radical (unpaired) electrons. The summed E-state index contributed by atoms with van der Waals surface area (Å²) >= 11 is 6.11. The van der Waals surface area contributed by atoms with E-state index in [1.807, 2.05) is 24.3 Å². The van der Waals surface area contributed by atoms with Gasteiger partial charge in [-0.2, -0.15) is 0 Å². The fourth-order valence-electron chi connectivity index (χ4n) is 2.19. The van der Waals surface area contributed by atoms with Crippen molar-refractivity contribution >= 4 is 11.6 Å². The molecule has 0 aromatic heterocycles. The molecule has 0 bridgehead atoms. The van der Waals surface area contributed by atoms with Crippen molar-refractivity contribution in [3.8, 4) is 5.75 Å². The van der Waals surface area contributed by atoms with E-state index in [0.29, 0.717) is 11.1 Å². The summed E-state index contributed by atoms with van der Waals surface area (Å²) in [7, 11) is 0. The molecule has 3 nitrogen and oxygen atoms in total. The molecule has 1 fully saturated rings. The number of para-hydroxylation sites is 1. The molecular formula is C15H22ClNO2. The molecule has 1 aromatic rings. The molecule has 0 spiro atoms. The minimum absolute atomic E-state index is 0.155. The van der Waals surface area contributed by atoms with Crippen molar-refractivity contribution < 1.29 is 9.47 Å². The fourth-order valence-corrected chi connectivity index (χ4v) is 2.37. The van der Waals surface area contributed by atoms with Crippen LogP contribution in [0.15, 0.2) is 24.3 Å². The molecule has 0 saturated carbocycles. The van der Waals surface area contributed by atoms with Crippen LogP contribution in [0.5, 0.6) is 5.75 Å². The monoisotopic (exact) mass is 283 g/mol. The maximum atomic E-state index is 6.11. The van der Waals surface area contributed by atoms with Crippen molar-refractivity contribution in [2.45, 2.75) is 38.3 Å². The van der Waals surface area contributed by atoms with Crippen molar-refractivity contribution in [2.75, 3.05) is 19.8 Å². The van der Waals surface area contributed by atoms with Crippen LogP contribution in [-0.2, 0) is 4.74 Å². The van der Waals surface area contributed by atoms with Gasteiger partial charge >= 0.3 is 0 Å². The van der Waals surface area contributed by atoms with Crippen molar-refractivity contribution in [1.29, 1.82) is 0 Å². The van der Waals surface area contributed by atoms with E-state index in [1.165, 1.54) is 0 Å². The smallest absolute Gasteiger partial charge is 0.138 e. The van der Waals surface area contributed by atoms with E-state index in [2.05, 4.69) is 12.2 Å². The van der Waals surface area contributed by atoms with E-state index in [9.17, 15) is 0 Å². The third-order valence-corrected chi connectivity index (χ3v) is 3.75. The van der Waals surface area contributed by atoms with Gasteiger partial charge in [0.15, 0.2) is 0 Å². The number of hydrogen-bond acceptors (Lipinski definition) is 3. The van der Waals surface area contributed by atoms with E-state index in [1.54, 1.807) is 0 Å². The number of nitrogens with one attached hydrogen (secondary N) is 1. The van der Waals surface area contributed by atoms with Crippen LogP contribution < -0.4 is 10.1 Å². The lowest BCUT2D eigenvalue weighted by molar-refractivity contribution is 0.0738. The Kier molecular flexibility index (Phi) is 5.95. The molecule has 106 valence electrons. The van der Waals surface area contributed by atoms with Crippen LogP contribution in [-0.4, -0.2) is 31.9 Å². The van der Waals surface area contributed by atoms with E-state index >= 15 is 0 Å². The number of hydrogen-bond donors (Lipinski definition) is 1. The Balaban J connectivity index is 1.81. The first-order valence-electron chi connectivity index (χ1n) is 7.02. The van der Waals surface area contributed by atoms with Crippen molar-refractivity contribution in [3.05, 3.63) is 29.3 Å². The lowest BCUT2D eigenvalue weighted by atomic mass is 10.1. The molecule has 1 saturated heterocycles. The van der Waals surface area contributed by atoms with E-state index in [4.69, 9.17) is 21.1 Å². The molecule has 1 aliphatic rings. The minimum atomic E-state index is 0.155. The molecule has 1 unspecified atom stereocenters. The topological polar surface area (TPSA) is 30.5 Å². The molecule has 1 N–H and O–H groups in total. The summed E-state index contributed by atoms with van der Waals surface area (Å²) in [5.74, 6) is 0.768. The maximum Gasteiger partial charge on any atom is 0.138 e. The maximum absolute atomic E-state index is 6.11. The Morgan fingerprint density at radius 1 is 1.37 bits per heavy atom. The van der Waals surface area contributed by atoms with E-state index in [-0.39, 0.29) is 6.10 Å². The first-order chi connectivity index (χ1) is 9.29. The predicted molar refractivity (Wildman–Crippen MR) is 78.0 cm³/mol. The fraction of sp³-hybridized carbons (Fsp3) is 0.600. The summed E-state index contributed by atoms with van der Waals surface area (Å²) < 4.78 is 11.3. The first kappa shape index (κ1) is 14.6. The molecule has 4 heteroatoms. The summed E-state index contributed by atoms with van der Waals surface area (Å²) in [5.41, 5.74) is 0. The zero-order valence-electron chi connectivity index (χ0n) is 11.4. The van der Waals surface area contributed by atoms with Crippen LogP contribution in [0, 0.1) is 0 Å². The Morgan fingerprint density at radius 2 is 2.11 bits per heavy atom. The Labute approximate surface area is 120 Å². The highest BCUT2D eigenvalue weighted by molar-refractivity contribution is 6.32. The molecule has 0 amide bonds. The normalized spacial score (nSPS) is 18.2. The second kappa shape index (κ2) is 7.73. The first-order valence-corrected chi connectivity index (χ1v) is 7.39. The van der Waals surface area contributed by atoms with Gasteiger partial charge < -0.3 is 14.8 Å². The van der Waals surface area contributed by atoms with Gasteiger partial charge in [-0.25, -0.2) is 0 Å². The van der Waals surface area contributed by atoms with Gasteiger partial charge in [0.05, 0.1) is 5.02 Å². The Morgan fingerprint density at radius 3 is 2.79 bits per heavy atom. The standard InChI is InChI=1S/C15H22ClNO2/c1-2-13(11-17-12-7-9-18-10-8-12)19-15-6-4-3-5-14(15)16/h3-6,12-13,17H,2,7-11H2,1H3. The average molecular weight is 284 g/mol. The van der Waals surface area contributed by atoms with E-state index in [0.717, 1.165) is 44.8 Å². The summed E-state index contributed by atoms with van der Waals surface area (Å²) in [6, 6.07) is 8.18. The number of benzene rings is 1. The molecule has 1 heterocycles. The highest BCUT2D eigenvalue weighted by atomic mass is 35.5. The van der Waals surface area contributed by atoms with E-state index < -0.39 is 0 Å². The van der Waals surface area contributed by atoms with Crippen molar-refractivity contribution in [3.63, 3.8) is 0 Å². The van der Waals surface area contributed by atoms with Crippen LogP contribution in [0.25, 0.3) is 0 Å². The van der Waals surface area contributed by atoms with Crippen LogP contribution in [0.2, 0.25) is 5.02 Å². The van der Waals surface area contributed by atoms with Gasteiger partial charge in [-0.1, -0.05) is 30.7 Å². The lowest BCUT2D eigenvalue weighted by Gasteiger charge is -2.26. The predicted octanol–water partition coefficient (Wildman–Crippen LogP) is 3.27. The van der Waals surface area contributed by atoms with Crippen molar-refractivity contribution in [2.24, 2.45) is 0 Å². The van der Waals surface area contributed by atoms with Crippen LogP contribution in [0.3, 0.4) is 0 Å². The van der Waals surface area contributed by atoms with Gasteiger partial charge in [-0.15, -0.1) is 0 Å². The molecule has 1 atom stereocenters. The number of halogens is 1. The summed E-state index contributed by atoms with van der Waals surface area (Å²) in [6.45, 7) is 4.71. The molecule has 19 heavy (non-hydrogen) atoms. The van der Waals surface area contributed by atoms with Gasteiger partial charge in [0, 0.05) is 25.8 Å². The van der Waals surface area contributed by atoms with Gasteiger partial charge in [-0.05, 0) is 31.4 Å².